The minimum atomic E-state index is -0.891. The van der Waals surface area contributed by atoms with Crippen molar-refractivity contribution in [2.45, 2.75) is 20.4 Å². The van der Waals surface area contributed by atoms with E-state index >= 15 is 0 Å². The van der Waals surface area contributed by atoms with E-state index in [2.05, 4.69) is 12.3 Å². The highest BCUT2D eigenvalue weighted by Gasteiger charge is 2.24. The molecule has 1 aromatic carbocycles. The Balaban J connectivity index is 3.10. The Kier molecular flexibility index (Phi) is 9.22. The first-order valence-electron chi connectivity index (χ1n) is 8.26. The first kappa shape index (κ1) is 20.9. The first-order chi connectivity index (χ1) is 12.5. The molecule has 0 saturated carbocycles. The van der Waals surface area contributed by atoms with E-state index in [1.165, 1.54) is 4.90 Å². The zero-order chi connectivity index (χ0) is 19.4. The van der Waals surface area contributed by atoms with Gasteiger partial charge in [-0.15, -0.1) is 5.73 Å². The molecule has 0 aliphatic carbocycles. The van der Waals surface area contributed by atoms with E-state index in [9.17, 15) is 14.4 Å². The summed E-state index contributed by atoms with van der Waals surface area (Å²) in [6, 6.07) is 9.34. The van der Waals surface area contributed by atoms with Crippen molar-refractivity contribution in [3.63, 3.8) is 0 Å². The number of hydrogen-bond acceptors (Lipinski definition) is 5. The van der Waals surface area contributed by atoms with Gasteiger partial charge in [0.15, 0.2) is 0 Å². The van der Waals surface area contributed by atoms with Gasteiger partial charge in [0.25, 0.3) is 0 Å². The number of esters is 2. The van der Waals surface area contributed by atoms with E-state index in [4.69, 9.17) is 9.47 Å². The molecular formula is C20H23NO5. The Hall–Kier alpha value is -3.11. The molecular weight excluding hydrogens is 334 g/mol. The minimum Gasteiger partial charge on any atom is -0.462 e. The predicted octanol–water partition coefficient (Wildman–Crippen LogP) is 2.41. The molecule has 1 aromatic rings. The normalized spacial score (nSPS) is 9.46. The number of carbonyl (C=O) groups is 3. The van der Waals surface area contributed by atoms with Gasteiger partial charge in [-0.1, -0.05) is 36.9 Å². The van der Waals surface area contributed by atoms with Crippen LogP contribution in [-0.2, 0) is 30.4 Å². The zero-order valence-corrected chi connectivity index (χ0v) is 15.1. The molecule has 138 valence electrons. The van der Waals surface area contributed by atoms with Crippen LogP contribution >= 0.6 is 0 Å². The van der Waals surface area contributed by atoms with E-state index in [-0.39, 0.29) is 19.8 Å². The number of rotatable bonds is 9. The van der Waals surface area contributed by atoms with Gasteiger partial charge in [-0.05, 0) is 25.5 Å². The quantitative estimate of drug-likeness (QED) is 0.223. The van der Waals surface area contributed by atoms with Crippen LogP contribution < -0.4 is 0 Å². The summed E-state index contributed by atoms with van der Waals surface area (Å²) in [4.78, 5) is 38.1. The number of amides is 1. The third-order valence-electron chi connectivity index (χ3n) is 3.24. The molecule has 0 heterocycles. The molecule has 0 fully saturated rings. The SMILES string of the molecule is C=C=CCN(Cc1ccccc1)C(=O)C=C(C(=O)OCC)C(=O)OCC. The summed E-state index contributed by atoms with van der Waals surface area (Å²) in [7, 11) is 0. The number of carbonyl (C=O) groups excluding carboxylic acids is 3. The topological polar surface area (TPSA) is 72.9 Å². The fourth-order valence-corrected chi connectivity index (χ4v) is 2.04. The highest BCUT2D eigenvalue weighted by atomic mass is 16.6. The molecule has 6 nitrogen and oxygen atoms in total. The highest BCUT2D eigenvalue weighted by Crippen LogP contribution is 2.09. The molecule has 0 spiro atoms. The summed E-state index contributed by atoms with van der Waals surface area (Å²) in [6.07, 6.45) is 2.54. The van der Waals surface area contributed by atoms with Crippen LogP contribution in [0.25, 0.3) is 0 Å². The average molecular weight is 357 g/mol. The van der Waals surface area contributed by atoms with Gasteiger partial charge in [-0.25, -0.2) is 9.59 Å². The molecule has 0 aliphatic heterocycles. The van der Waals surface area contributed by atoms with Crippen LogP contribution in [0.3, 0.4) is 0 Å². The van der Waals surface area contributed by atoms with Crippen LogP contribution in [0.2, 0.25) is 0 Å². The summed E-state index contributed by atoms with van der Waals surface area (Å²) in [5, 5.41) is 0. The van der Waals surface area contributed by atoms with E-state index in [1.54, 1.807) is 19.9 Å². The molecule has 26 heavy (non-hydrogen) atoms. The maximum Gasteiger partial charge on any atom is 0.345 e. The Labute approximate surface area is 153 Å². The van der Waals surface area contributed by atoms with Crippen molar-refractivity contribution >= 4 is 17.8 Å². The van der Waals surface area contributed by atoms with Crippen molar-refractivity contribution in [3.05, 3.63) is 65.9 Å². The number of nitrogens with zero attached hydrogens (tertiary/aromatic N) is 1. The summed E-state index contributed by atoms with van der Waals surface area (Å²) >= 11 is 0. The van der Waals surface area contributed by atoms with Crippen LogP contribution in [0.5, 0.6) is 0 Å². The largest absolute Gasteiger partial charge is 0.462 e. The number of ether oxygens (including phenoxy) is 2. The second-order valence-electron chi connectivity index (χ2n) is 5.11. The van der Waals surface area contributed by atoms with E-state index < -0.39 is 23.4 Å². The summed E-state index contributed by atoms with van der Waals surface area (Å²) in [5.74, 6) is -2.30. The molecule has 0 aliphatic rings. The van der Waals surface area contributed by atoms with Crippen molar-refractivity contribution in [1.82, 2.24) is 4.90 Å². The maximum absolute atomic E-state index is 12.6. The highest BCUT2D eigenvalue weighted by molar-refractivity contribution is 6.17. The van der Waals surface area contributed by atoms with Gasteiger partial charge >= 0.3 is 11.9 Å². The van der Waals surface area contributed by atoms with Crippen molar-refractivity contribution in [1.29, 1.82) is 0 Å². The van der Waals surface area contributed by atoms with Crippen molar-refractivity contribution in [2.75, 3.05) is 19.8 Å². The van der Waals surface area contributed by atoms with Crippen LogP contribution in [0.15, 0.2) is 60.4 Å². The number of hydrogen-bond donors (Lipinski definition) is 0. The van der Waals surface area contributed by atoms with Crippen molar-refractivity contribution in [2.24, 2.45) is 0 Å². The summed E-state index contributed by atoms with van der Waals surface area (Å²) in [5.41, 5.74) is 3.08. The van der Waals surface area contributed by atoms with Gasteiger partial charge in [-0.3, -0.25) is 4.79 Å². The zero-order valence-electron chi connectivity index (χ0n) is 15.1. The number of benzene rings is 1. The lowest BCUT2D eigenvalue weighted by Gasteiger charge is -2.20. The van der Waals surface area contributed by atoms with E-state index in [0.29, 0.717) is 6.54 Å². The van der Waals surface area contributed by atoms with Crippen LogP contribution in [-0.4, -0.2) is 42.5 Å². The second kappa shape index (κ2) is 11.4. The van der Waals surface area contributed by atoms with Gasteiger partial charge in [0.1, 0.15) is 5.57 Å². The van der Waals surface area contributed by atoms with Crippen molar-refractivity contribution < 1.29 is 23.9 Å². The van der Waals surface area contributed by atoms with Crippen LogP contribution in [0, 0.1) is 0 Å². The third-order valence-corrected chi connectivity index (χ3v) is 3.24. The molecule has 0 bridgehead atoms. The minimum absolute atomic E-state index is 0.0801. The first-order valence-corrected chi connectivity index (χ1v) is 8.26. The predicted molar refractivity (Wildman–Crippen MR) is 96.9 cm³/mol. The molecule has 0 radical (unpaired) electrons. The molecule has 1 rings (SSSR count). The summed E-state index contributed by atoms with van der Waals surface area (Å²) < 4.78 is 9.69. The lowest BCUT2D eigenvalue weighted by Crippen LogP contribution is -2.31. The molecule has 0 unspecified atom stereocenters. The second-order valence-corrected chi connectivity index (χ2v) is 5.11. The van der Waals surface area contributed by atoms with Gasteiger partial charge in [0.2, 0.25) is 5.91 Å². The smallest absolute Gasteiger partial charge is 0.345 e. The Morgan fingerprint density at radius 3 is 2.15 bits per heavy atom. The molecule has 1 amide bonds. The van der Waals surface area contributed by atoms with Gasteiger partial charge in [0.05, 0.1) is 13.2 Å². The molecule has 0 aromatic heterocycles. The molecule has 0 N–H and O–H groups in total. The van der Waals surface area contributed by atoms with Gasteiger partial charge in [-0.2, -0.15) is 0 Å². The monoisotopic (exact) mass is 357 g/mol. The standard InChI is InChI=1S/C20H23NO5/c1-4-7-13-21(15-16-11-9-8-10-12-16)18(22)14-17(19(23)25-5-2)20(24)26-6-3/h7-12,14H,1,5-6,13,15H2,2-3H3. The lowest BCUT2D eigenvalue weighted by molar-refractivity contribution is -0.147. The molecule has 0 saturated heterocycles. The van der Waals surface area contributed by atoms with Crippen molar-refractivity contribution in [3.8, 4) is 0 Å². The Bertz CT molecular complexity index is 682. The van der Waals surface area contributed by atoms with E-state index in [1.807, 2.05) is 30.3 Å². The lowest BCUT2D eigenvalue weighted by atomic mass is 10.2. The van der Waals surface area contributed by atoms with Gasteiger partial charge < -0.3 is 14.4 Å². The van der Waals surface area contributed by atoms with Crippen LogP contribution in [0.1, 0.15) is 19.4 Å². The Morgan fingerprint density at radius 2 is 1.65 bits per heavy atom. The fraction of sp³-hybridized carbons (Fsp3) is 0.300. The fourth-order valence-electron chi connectivity index (χ4n) is 2.04. The third kappa shape index (κ3) is 6.79. The van der Waals surface area contributed by atoms with Crippen LogP contribution in [0.4, 0.5) is 0 Å². The molecule has 0 atom stereocenters. The molecule has 6 heteroatoms. The maximum atomic E-state index is 12.6. The average Bonchev–Trinajstić information content (AvgIpc) is 2.64. The van der Waals surface area contributed by atoms with E-state index in [0.717, 1.165) is 11.6 Å². The van der Waals surface area contributed by atoms with Gasteiger partial charge in [0, 0.05) is 19.2 Å². The Morgan fingerprint density at radius 1 is 1.08 bits per heavy atom. The summed E-state index contributed by atoms with van der Waals surface area (Å²) in [6.45, 7) is 7.39.